The van der Waals surface area contributed by atoms with Crippen LogP contribution < -0.4 is 14.2 Å². The number of ether oxygens (including phenoxy) is 4. The third kappa shape index (κ3) is 3.92. The zero-order valence-corrected chi connectivity index (χ0v) is 16.1. The number of piperidine rings is 1. The number of amides is 1. The van der Waals surface area contributed by atoms with Crippen LogP contribution in [-0.4, -0.2) is 43.4 Å². The fourth-order valence-corrected chi connectivity index (χ4v) is 3.65. The van der Waals surface area contributed by atoms with Gasteiger partial charge in [0.1, 0.15) is 5.75 Å². The predicted molar refractivity (Wildman–Crippen MR) is 104 cm³/mol. The van der Waals surface area contributed by atoms with Gasteiger partial charge in [0, 0.05) is 31.5 Å². The Kier molecular flexibility index (Phi) is 5.39. The molecule has 148 valence electrons. The number of methoxy groups -OCH3 is 1. The third-order valence-corrected chi connectivity index (χ3v) is 5.26. The molecular formula is C22H25NO5. The molecule has 2 aliphatic heterocycles. The molecule has 1 amide bonds. The van der Waals surface area contributed by atoms with E-state index in [2.05, 4.69) is 0 Å². The van der Waals surface area contributed by atoms with Crippen molar-refractivity contribution in [1.82, 2.24) is 4.90 Å². The quantitative estimate of drug-likeness (QED) is 0.792. The minimum atomic E-state index is -0.682. The normalized spacial score (nSPS) is 17.5. The fourth-order valence-electron chi connectivity index (χ4n) is 3.65. The van der Waals surface area contributed by atoms with E-state index in [-0.39, 0.29) is 5.91 Å². The van der Waals surface area contributed by atoms with Gasteiger partial charge in [-0.2, -0.15) is 0 Å². The summed E-state index contributed by atoms with van der Waals surface area (Å²) in [6.07, 6.45) is 1.63. The van der Waals surface area contributed by atoms with Crippen molar-refractivity contribution < 1.29 is 23.7 Å². The monoisotopic (exact) mass is 383 g/mol. The summed E-state index contributed by atoms with van der Waals surface area (Å²) < 4.78 is 23.4. The van der Waals surface area contributed by atoms with Crippen LogP contribution in [0.5, 0.6) is 17.2 Å². The summed E-state index contributed by atoms with van der Waals surface area (Å²) in [6.45, 7) is 2.08. The number of carbonyl (C=O) groups is 1. The van der Waals surface area contributed by atoms with E-state index < -0.39 is 5.79 Å². The topological polar surface area (TPSA) is 57.2 Å². The van der Waals surface area contributed by atoms with Crippen LogP contribution in [0.4, 0.5) is 0 Å². The second kappa shape index (κ2) is 8.10. The van der Waals surface area contributed by atoms with Crippen LogP contribution in [0.25, 0.3) is 0 Å². The minimum absolute atomic E-state index is 0.0968. The number of nitrogens with zero attached hydrogens (tertiary/aromatic N) is 1. The molecule has 6 nitrogen and oxygen atoms in total. The fraction of sp³-hybridized carbons (Fsp3) is 0.409. The molecule has 0 radical (unpaired) electrons. The molecule has 0 atom stereocenters. The lowest BCUT2D eigenvalue weighted by Gasteiger charge is -2.44. The van der Waals surface area contributed by atoms with Crippen molar-refractivity contribution in [3.8, 4) is 17.2 Å². The molecule has 2 aliphatic rings. The molecule has 0 N–H and O–H groups in total. The van der Waals surface area contributed by atoms with E-state index in [0.717, 1.165) is 22.8 Å². The van der Waals surface area contributed by atoms with Crippen LogP contribution in [0.1, 0.15) is 24.8 Å². The first-order chi connectivity index (χ1) is 13.7. The number of rotatable bonds is 5. The van der Waals surface area contributed by atoms with Crippen molar-refractivity contribution in [3.63, 3.8) is 0 Å². The highest BCUT2D eigenvalue weighted by Gasteiger charge is 2.42. The van der Waals surface area contributed by atoms with E-state index in [9.17, 15) is 4.79 Å². The highest BCUT2D eigenvalue weighted by atomic mass is 16.7. The van der Waals surface area contributed by atoms with Gasteiger partial charge in [0.2, 0.25) is 11.7 Å². The van der Waals surface area contributed by atoms with Gasteiger partial charge in [-0.3, -0.25) is 4.79 Å². The van der Waals surface area contributed by atoms with Crippen LogP contribution in [0, 0.1) is 0 Å². The summed E-state index contributed by atoms with van der Waals surface area (Å²) >= 11 is 0. The van der Waals surface area contributed by atoms with Crippen LogP contribution in [0.3, 0.4) is 0 Å². The van der Waals surface area contributed by atoms with Gasteiger partial charge in [0.15, 0.2) is 11.5 Å². The molecule has 2 heterocycles. The molecule has 1 spiro atoms. The molecular weight excluding hydrogens is 358 g/mol. The number of hydrogen-bond donors (Lipinski definition) is 0. The molecule has 1 saturated heterocycles. The molecule has 0 bridgehead atoms. The summed E-state index contributed by atoms with van der Waals surface area (Å²) in [7, 11) is 1.64. The summed E-state index contributed by atoms with van der Waals surface area (Å²) in [5, 5.41) is 0. The van der Waals surface area contributed by atoms with Gasteiger partial charge >= 0.3 is 0 Å². The first-order valence-corrected chi connectivity index (χ1v) is 9.64. The maximum Gasteiger partial charge on any atom is 0.226 e. The van der Waals surface area contributed by atoms with Gasteiger partial charge in [-0.05, 0) is 18.2 Å². The second-order valence-electron chi connectivity index (χ2n) is 7.04. The Hall–Kier alpha value is -2.73. The average Bonchev–Trinajstić information content (AvgIpc) is 2.74. The van der Waals surface area contributed by atoms with Gasteiger partial charge in [0.25, 0.3) is 0 Å². The molecule has 4 rings (SSSR count). The Morgan fingerprint density at radius 1 is 1.11 bits per heavy atom. The van der Waals surface area contributed by atoms with Crippen molar-refractivity contribution in [2.45, 2.75) is 31.7 Å². The lowest BCUT2D eigenvalue weighted by atomic mass is 10.0. The number of hydrogen-bond acceptors (Lipinski definition) is 5. The average molecular weight is 383 g/mol. The largest absolute Gasteiger partial charge is 0.493 e. The molecule has 2 aromatic carbocycles. The van der Waals surface area contributed by atoms with E-state index in [1.165, 1.54) is 0 Å². The lowest BCUT2D eigenvalue weighted by Crippen LogP contribution is -2.52. The predicted octanol–water partition coefficient (Wildman–Crippen LogP) is 3.39. The first-order valence-electron chi connectivity index (χ1n) is 9.64. The Balaban J connectivity index is 1.30. The highest BCUT2D eigenvalue weighted by molar-refractivity contribution is 5.76. The lowest BCUT2D eigenvalue weighted by molar-refractivity contribution is -0.228. The van der Waals surface area contributed by atoms with E-state index in [4.69, 9.17) is 18.9 Å². The summed E-state index contributed by atoms with van der Waals surface area (Å²) in [5.74, 6) is 1.67. The second-order valence-corrected chi connectivity index (χ2v) is 7.04. The molecule has 6 heteroatoms. The highest BCUT2D eigenvalue weighted by Crippen LogP contribution is 2.42. The van der Waals surface area contributed by atoms with Gasteiger partial charge in [-0.15, -0.1) is 0 Å². The minimum Gasteiger partial charge on any atom is -0.493 e. The number of fused-ring (bicyclic) bond motifs is 1. The van der Waals surface area contributed by atoms with E-state index >= 15 is 0 Å². The number of carbonyl (C=O) groups excluding carboxylic acids is 1. The van der Waals surface area contributed by atoms with Gasteiger partial charge in [-0.1, -0.05) is 30.3 Å². The Bertz CT molecular complexity index is 801. The number of likely N-dealkylation sites (tertiary alicyclic amines) is 1. The summed E-state index contributed by atoms with van der Waals surface area (Å²) in [5.41, 5.74) is 0.988. The SMILES string of the molecule is COc1cccc2c1OC1(CCN(C(=O)CCOc3ccccc3)CC1)OC2. The van der Waals surface area contributed by atoms with Gasteiger partial charge in [-0.25, -0.2) is 0 Å². The van der Waals surface area contributed by atoms with E-state index in [1.54, 1.807) is 7.11 Å². The van der Waals surface area contributed by atoms with Crippen molar-refractivity contribution >= 4 is 5.91 Å². The molecule has 0 unspecified atom stereocenters. The van der Waals surface area contributed by atoms with Crippen LogP contribution in [-0.2, 0) is 16.1 Å². The number of benzene rings is 2. The molecule has 0 saturated carbocycles. The molecule has 0 aromatic heterocycles. The molecule has 0 aliphatic carbocycles. The van der Waals surface area contributed by atoms with Gasteiger partial charge in [0.05, 0.1) is 26.7 Å². The number of para-hydroxylation sites is 2. The maximum absolute atomic E-state index is 12.5. The van der Waals surface area contributed by atoms with Crippen molar-refractivity contribution in [2.24, 2.45) is 0 Å². The van der Waals surface area contributed by atoms with Crippen LogP contribution >= 0.6 is 0 Å². The molecule has 28 heavy (non-hydrogen) atoms. The van der Waals surface area contributed by atoms with Crippen LogP contribution in [0.15, 0.2) is 48.5 Å². The Labute approximate surface area is 165 Å². The summed E-state index contributed by atoms with van der Waals surface area (Å²) in [6, 6.07) is 15.3. The standard InChI is InChI=1S/C22H25NO5/c1-25-19-9-5-6-17-16-27-22(28-21(17)19)11-13-23(14-12-22)20(24)10-15-26-18-7-3-2-4-8-18/h2-9H,10-16H2,1H3. The van der Waals surface area contributed by atoms with E-state index in [1.807, 2.05) is 53.4 Å². The Morgan fingerprint density at radius 2 is 1.89 bits per heavy atom. The van der Waals surface area contributed by atoms with E-state index in [0.29, 0.717) is 45.6 Å². The third-order valence-electron chi connectivity index (χ3n) is 5.26. The molecule has 1 fully saturated rings. The van der Waals surface area contributed by atoms with Crippen LogP contribution in [0.2, 0.25) is 0 Å². The van der Waals surface area contributed by atoms with Crippen molar-refractivity contribution in [2.75, 3.05) is 26.8 Å². The van der Waals surface area contributed by atoms with Crippen molar-refractivity contribution in [1.29, 1.82) is 0 Å². The van der Waals surface area contributed by atoms with Gasteiger partial charge < -0.3 is 23.8 Å². The smallest absolute Gasteiger partial charge is 0.226 e. The first kappa shape index (κ1) is 18.6. The summed E-state index contributed by atoms with van der Waals surface area (Å²) in [4.78, 5) is 14.4. The zero-order valence-electron chi connectivity index (χ0n) is 16.1. The maximum atomic E-state index is 12.5. The molecule has 2 aromatic rings. The zero-order chi connectivity index (χ0) is 19.4. The van der Waals surface area contributed by atoms with Crippen molar-refractivity contribution in [3.05, 3.63) is 54.1 Å². The Morgan fingerprint density at radius 3 is 2.64 bits per heavy atom.